The maximum Gasteiger partial charge on any atom is 0.278 e. The highest BCUT2D eigenvalue weighted by Crippen LogP contribution is 2.41. The van der Waals surface area contributed by atoms with Gasteiger partial charge < -0.3 is 15.2 Å². The Labute approximate surface area is 97.9 Å². The summed E-state index contributed by atoms with van der Waals surface area (Å²) in [5, 5.41) is 10.8. The van der Waals surface area contributed by atoms with Gasteiger partial charge in [0.15, 0.2) is 11.5 Å². The molecule has 0 aliphatic heterocycles. The van der Waals surface area contributed by atoms with E-state index < -0.39 is 4.92 Å². The first-order valence-corrected chi connectivity index (χ1v) is 4.82. The molecule has 6 nitrogen and oxygen atoms in total. The number of hydrogen-bond acceptors (Lipinski definition) is 6. The van der Waals surface area contributed by atoms with E-state index in [2.05, 4.69) is 12.6 Å². The van der Waals surface area contributed by atoms with Crippen molar-refractivity contribution in [2.24, 2.45) is 5.73 Å². The lowest BCUT2D eigenvalue weighted by molar-refractivity contribution is -0.385. The molecule has 0 saturated heterocycles. The van der Waals surface area contributed by atoms with E-state index in [4.69, 9.17) is 15.2 Å². The highest BCUT2D eigenvalue weighted by Gasteiger charge is 2.23. The second kappa shape index (κ2) is 5.04. The van der Waals surface area contributed by atoms with E-state index in [0.717, 1.165) is 0 Å². The number of ether oxygens (including phenoxy) is 2. The number of methoxy groups -OCH3 is 2. The molecule has 1 rings (SSSR count). The fourth-order valence-corrected chi connectivity index (χ4v) is 1.77. The van der Waals surface area contributed by atoms with Crippen LogP contribution in [-0.4, -0.2) is 19.1 Å². The van der Waals surface area contributed by atoms with Crippen molar-refractivity contribution in [1.82, 2.24) is 0 Å². The lowest BCUT2D eigenvalue weighted by Crippen LogP contribution is -2.05. The van der Waals surface area contributed by atoms with Crippen LogP contribution < -0.4 is 15.2 Å². The summed E-state index contributed by atoms with van der Waals surface area (Å²) in [6, 6.07) is 1.28. The lowest BCUT2D eigenvalue weighted by atomic mass is 10.1. The number of hydrogen-bond donors (Lipinski definition) is 2. The summed E-state index contributed by atoms with van der Waals surface area (Å²) in [5.41, 5.74) is 5.66. The molecular formula is C9H12N2O4S. The molecule has 0 amide bonds. The van der Waals surface area contributed by atoms with Crippen molar-refractivity contribution in [1.29, 1.82) is 0 Å². The summed E-state index contributed by atoms with van der Waals surface area (Å²) in [4.78, 5) is 10.6. The van der Waals surface area contributed by atoms with Crippen LogP contribution in [0, 0.1) is 10.1 Å². The molecule has 0 aliphatic rings. The fourth-order valence-electron chi connectivity index (χ4n) is 1.36. The van der Waals surface area contributed by atoms with Crippen LogP contribution in [0.3, 0.4) is 0 Å². The van der Waals surface area contributed by atoms with E-state index in [9.17, 15) is 10.1 Å². The third-order valence-electron chi connectivity index (χ3n) is 2.13. The molecule has 0 spiro atoms. The maximum atomic E-state index is 10.8. The van der Waals surface area contributed by atoms with Crippen LogP contribution in [0.4, 0.5) is 5.69 Å². The van der Waals surface area contributed by atoms with E-state index in [0.29, 0.717) is 16.2 Å². The van der Waals surface area contributed by atoms with Crippen molar-refractivity contribution in [2.75, 3.05) is 14.2 Å². The number of nitrogens with zero attached hydrogens (tertiary/aromatic N) is 1. The number of rotatable bonds is 4. The maximum absolute atomic E-state index is 10.8. The number of nitro groups is 1. The van der Waals surface area contributed by atoms with Gasteiger partial charge in [-0.05, 0) is 0 Å². The summed E-state index contributed by atoms with van der Waals surface area (Å²) in [5.74, 6) is 0.605. The quantitative estimate of drug-likeness (QED) is 0.474. The van der Waals surface area contributed by atoms with Crippen molar-refractivity contribution in [3.8, 4) is 11.5 Å². The normalized spacial score (nSPS) is 10.0. The topological polar surface area (TPSA) is 87.6 Å². The molecule has 0 aromatic heterocycles. The number of nitrogens with two attached hydrogens (primary N) is 1. The first-order chi connectivity index (χ1) is 7.56. The summed E-state index contributed by atoms with van der Waals surface area (Å²) < 4.78 is 10.1. The third-order valence-corrected chi connectivity index (χ3v) is 2.60. The Kier molecular flexibility index (Phi) is 3.97. The minimum Gasteiger partial charge on any atom is -0.493 e. The minimum atomic E-state index is -0.524. The molecule has 16 heavy (non-hydrogen) atoms. The average Bonchev–Trinajstić information content (AvgIpc) is 2.27. The van der Waals surface area contributed by atoms with Gasteiger partial charge in [0.25, 0.3) is 5.69 Å². The number of benzene rings is 1. The minimum absolute atomic E-state index is 0.00943. The molecule has 0 unspecified atom stereocenters. The molecule has 2 N–H and O–H groups in total. The zero-order valence-electron chi connectivity index (χ0n) is 8.89. The van der Waals surface area contributed by atoms with Crippen LogP contribution in [0.5, 0.6) is 11.5 Å². The van der Waals surface area contributed by atoms with Crippen LogP contribution in [-0.2, 0) is 6.54 Å². The predicted octanol–water partition coefficient (Wildman–Crippen LogP) is 1.36. The number of thiol groups is 1. The summed E-state index contributed by atoms with van der Waals surface area (Å²) in [6.45, 7) is 0.00943. The van der Waals surface area contributed by atoms with Crippen LogP contribution in [0.15, 0.2) is 11.0 Å². The summed E-state index contributed by atoms with van der Waals surface area (Å²) >= 11 is 4.17. The van der Waals surface area contributed by atoms with Crippen molar-refractivity contribution in [3.63, 3.8) is 0 Å². The molecular weight excluding hydrogens is 232 g/mol. The highest BCUT2D eigenvalue weighted by atomic mass is 32.1. The first-order valence-electron chi connectivity index (χ1n) is 4.38. The van der Waals surface area contributed by atoms with Crippen molar-refractivity contribution in [3.05, 3.63) is 21.7 Å². The van der Waals surface area contributed by atoms with Gasteiger partial charge in [0.05, 0.1) is 35.7 Å². The van der Waals surface area contributed by atoms with Gasteiger partial charge in [-0.25, -0.2) is 0 Å². The smallest absolute Gasteiger partial charge is 0.278 e. The fraction of sp³-hybridized carbons (Fsp3) is 0.333. The van der Waals surface area contributed by atoms with E-state index in [1.54, 1.807) is 0 Å². The molecule has 1 aromatic rings. The van der Waals surface area contributed by atoms with Gasteiger partial charge in [-0.15, -0.1) is 12.6 Å². The zero-order chi connectivity index (χ0) is 12.3. The Bertz CT molecular complexity index is 422. The molecule has 0 aliphatic carbocycles. The second-order valence-corrected chi connectivity index (χ2v) is 3.37. The summed E-state index contributed by atoms with van der Waals surface area (Å²) in [6.07, 6.45) is 0. The van der Waals surface area contributed by atoms with Crippen LogP contribution >= 0.6 is 12.6 Å². The van der Waals surface area contributed by atoms with E-state index in [1.165, 1.54) is 20.3 Å². The largest absolute Gasteiger partial charge is 0.493 e. The number of nitro benzene ring substituents is 1. The van der Waals surface area contributed by atoms with E-state index >= 15 is 0 Å². The van der Waals surface area contributed by atoms with Gasteiger partial charge >= 0.3 is 0 Å². The van der Waals surface area contributed by atoms with Gasteiger partial charge in [0.2, 0.25) is 0 Å². The Morgan fingerprint density at radius 2 is 2.12 bits per heavy atom. The Hall–Kier alpha value is -1.47. The third kappa shape index (κ3) is 2.05. The van der Waals surface area contributed by atoms with Gasteiger partial charge in [0, 0.05) is 6.54 Å². The van der Waals surface area contributed by atoms with E-state index in [-0.39, 0.29) is 18.0 Å². The van der Waals surface area contributed by atoms with Crippen LogP contribution in [0.2, 0.25) is 0 Å². The molecule has 7 heteroatoms. The molecule has 0 saturated carbocycles. The van der Waals surface area contributed by atoms with Crippen LogP contribution in [0.25, 0.3) is 0 Å². The monoisotopic (exact) mass is 244 g/mol. The van der Waals surface area contributed by atoms with Gasteiger partial charge in [-0.1, -0.05) is 0 Å². The van der Waals surface area contributed by atoms with Crippen LogP contribution in [0.1, 0.15) is 5.56 Å². The molecule has 1 aromatic carbocycles. The molecule has 0 atom stereocenters. The first kappa shape index (κ1) is 12.6. The Morgan fingerprint density at radius 1 is 1.50 bits per heavy atom. The van der Waals surface area contributed by atoms with Crippen molar-refractivity contribution >= 4 is 18.3 Å². The van der Waals surface area contributed by atoms with Gasteiger partial charge in [0.1, 0.15) is 0 Å². The van der Waals surface area contributed by atoms with Crippen molar-refractivity contribution < 1.29 is 14.4 Å². The van der Waals surface area contributed by atoms with E-state index in [1.807, 2.05) is 0 Å². The van der Waals surface area contributed by atoms with Gasteiger partial charge in [-0.3, -0.25) is 10.1 Å². The zero-order valence-corrected chi connectivity index (χ0v) is 9.78. The summed E-state index contributed by atoms with van der Waals surface area (Å²) in [7, 11) is 2.83. The molecule has 0 fully saturated rings. The van der Waals surface area contributed by atoms with Gasteiger partial charge in [-0.2, -0.15) is 0 Å². The van der Waals surface area contributed by atoms with Crippen molar-refractivity contribution in [2.45, 2.75) is 11.4 Å². The standard InChI is InChI=1S/C9H12N2O4S/c1-14-7-3-6(11(12)13)5(4-10)9(16)8(7)15-2/h3,16H,4,10H2,1-2H3. The Balaban J connectivity index is 3.54. The molecule has 88 valence electrons. The highest BCUT2D eigenvalue weighted by molar-refractivity contribution is 7.80. The second-order valence-electron chi connectivity index (χ2n) is 2.92. The SMILES string of the molecule is COc1cc([N+](=O)[O-])c(CN)c(S)c1OC. The predicted molar refractivity (Wildman–Crippen MR) is 61.3 cm³/mol. The lowest BCUT2D eigenvalue weighted by Gasteiger charge is -2.12. The average molecular weight is 244 g/mol. The molecule has 0 bridgehead atoms. The Morgan fingerprint density at radius 3 is 2.50 bits per heavy atom. The molecule has 0 heterocycles. The molecule has 0 radical (unpaired) electrons.